The van der Waals surface area contributed by atoms with Crippen LogP contribution in [0.2, 0.25) is 5.02 Å². The molecule has 0 saturated carbocycles. The zero-order valence-electron chi connectivity index (χ0n) is 11.7. The summed E-state index contributed by atoms with van der Waals surface area (Å²) in [6.45, 7) is 0. The fraction of sp³-hybridized carbons (Fsp3) is 0.0769. The molecule has 2 N–H and O–H groups in total. The summed E-state index contributed by atoms with van der Waals surface area (Å²) in [5.41, 5.74) is -0.549. The van der Waals surface area contributed by atoms with Crippen molar-refractivity contribution in [1.29, 1.82) is 0 Å². The Hall–Kier alpha value is -2.52. The van der Waals surface area contributed by atoms with Gasteiger partial charge in [0.25, 0.3) is 10.0 Å². The molecule has 0 aliphatic heterocycles. The highest BCUT2D eigenvalue weighted by Gasteiger charge is 2.21. The van der Waals surface area contributed by atoms with Crippen LogP contribution < -0.4 is 9.46 Å². The Balaban J connectivity index is 2.37. The smallest absolute Gasteiger partial charge is 0.312 e. The maximum absolute atomic E-state index is 12.3. The minimum atomic E-state index is -4.09. The lowest BCUT2D eigenvalue weighted by atomic mass is 10.3. The van der Waals surface area contributed by atoms with Crippen LogP contribution in [-0.4, -0.2) is 25.6 Å². The molecule has 8 nitrogen and oxygen atoms in total. The second kappa shape index (κ2) is 6.31. The number of nitrogens with one attached hydrogen (secondary N) is 1. The molecule has 0 atom stereocenters. The van der Waals surface area contributed by atoms with Crippen LogP contribution >= 0.6 is 11.6 Å². The number of nitro groups is 1. The third-order valence-corrected chi connectivity index (χ3v) is 4.53. The monoisotopic (exact) mass is 358 g/mol. The van der Waals surface area contributed by atoms with Crippen LogP contribution in [-0.2, 0) is 10.0 Å². The summed E-state index contributed by atoms with van der Waals surface area (Å²) in [5.74, 6) is -0.253. The SMILES string of the molecule is COc1ccc(NS(=O)(=O)c2ccc(O)c([N+](=O)[O-])c2)cc1Cl. The number of methoxy groups -OCH3 is 1. The Morgan fingerprint density at radius 2 is 1.96 bits per heavy atom. The van der Waals surface area contributed by atoms with Crippen molar-refractivity contribution in [3.05, 3.63) is 51.5 Å². The number of rotatable bonds is 5. The van der Waals surface area contributed by atoms with Gasteiger partial charge in [0.15, 0.2) is 5.75 Å². The number of halogens is 1. The molecule has 0 aromatic heterocycles. The average molecular weight is 359 g/mol. The summed E-state index contributed by atoms with van der Waals surface area (Å²) in [6, 6.07) is 7.00. The third-order valence-electron chi connectivity index (χ3n) is 2.86. The number of nitrogens with zero attached hydrogens (tertiary/aromatic N) is 1. The van der Waals surface area contributed by atoms with E-state index in [1.165, 1.54) is 25.3 Å². The minimum absolute atomic E-state index is 0.159. The Bertz CT molecular complexity index is 869. The van der Waals surface area contributed by atoms with Crippen molar-refractivity contribution in [2.75, 3.05) is 11.8 Å². The number of sulfonamides is 1. The van der Waals surface area contributed by atoms with E-state index in [1.54, 1.807) is 0 Å². The predicted molar refractivity (Wildman–Crippen MR) is 83.6 cm³/mol. The number of phenols is 1. The number of benzene rings is 2. The van der Waals surface area contributed by atoms with Gasteiger partial charge in [-0.15, -0.1) is 0 Å². The summed E-state index contributed by atoms with van der Waals surface area (Å²) >= 11 is 5.91. The van der Waals surface area contributed by atoms with Crippen molar-refractivity contribution in [3.8, 4) is 11.5 Å². The Labute approximate surface area is 136 Å². The van der Waals surface area contributed by atoms with Crippen LogP contribution in [0.15, 0.2) is 41.3 Å². The summed E-state index contributed by atoms with van der Waals surface area (Å²) in [6.07, 6.45) is 0. The van der Waals surface area contributed by atoms with Crippen molar-refractivity contribution in [1.82, 2.24) is 0 Å². The molecule has 2 aromatic rings. The quantitative estimate of drug-likeness (QED) is 0.626. The van der Waals surface area contributed by atoms with Gasteiger partial charge in [0.1, 0.15) is 5.75 Å². The molecule has 0 heterocycles. The first kappa shape index (κ1) is 16.8. The molecule has 122 valence electrons. The third kappa shape index (κ3) is 3.63. The van der Waals surface area contributed by atoms with Crippen molar-refractivity contribution >= 4 is 33.0 Å². The van der Waals surface area contributed by atoms with E-state index in [1.807, 2.05) is 0 Å². The number of anilines is 1. The summed E-state index contributed by atoms with van der Waals surface area (Å²) in [4.78, 5) is 9.53. The van der Waals surface area contributed by atoms with Crippen LogP contribution in [0.5, 0.6) is 11.5 Å². The molecule has 0 spiro atoms. The van der Waals surface area contributed by atoms with E-state index >= 15 is 0 Å². The summed E-state index contributed by atoms with van der Waals surface area (Å²) in [5, 5.41) is 20.3. The zero-order chi connectivity index (χ0) is 17.2. The van der Waals surface area contributed by atoms with E-state index in [-0.39, 0.29) is 15.6 Å². The Kier molecular flexibility index (Phi) is 4.62. The van der Waals surface area contributed by atoms with Crippen LogP contribution in [0.3, 0.4) is 0 Å². The first-order valence-corrected chi connectivity index (χ1v) is 7.94. The Morgan fingerprint density at radius 3 is 2.52 bits per heavy atom. The van der Waals surface area contributed by atoms with E-state index in [4.69, 9.17) is 16.3 Å². The molecule has 0 unspecified atom stereocenters. The maximum Gasteiger partial charge on any atom is 0.312 e. The van der Waals surface area contributed by atoms with Gasteiger partial charge in [-0.05, 0) is 30.3 Å². The van der Waals surface area contributed by atoms with E-state index in [9.17, 15) is 23.6 Å². The lowest BCUT2D eigenvalue weighted by Gasteiger charge is -2.10. The van der Waals surface area contributed by atoms with Crippen molar-refractivity contribution in [3.63, 3.8) is 0 Å². The van der Waals surface area contributed by atoms with Gasteiger partial charge in [0.05, 0.1) is 27.6 Å². The van der Waals surface area contributed by atoms with Gasteiger partial charge in [-0.3, -0.25) is 14.8 Å². The lowest BCUT2D eigenvalue weighted by Crippen LogP contribution is -2.13. The molecule has 23 heavy (non-hydrogen) atoms. The molecule has 0 fully saturated rings. The van der Waals surface area contributed by atoms with Gasteiger partial charge in [-0.2, -0.15) is 0 Å². The normalized spacial score (nSPS) is 11.0. The zero-order valence-corrected chi connectivity index (χ0v) is 13.3. The van der Waals surface area contributed by atoms with Crippen molar-refractivity contribution < 1.29 is 23.2 Å². The number of phenolic OH excluding ortho intramolecular Hbond substituents is 1. The predicted octanol–water partition coefficient (Wildman–Crippen LogP) is 2.76. The standard InChI is InChI=1S/C13H11ClN2O6S/c1-22-13-5-2-8(6-10(13)14)15-23(20,21)9-3-4-12(17)11(7-9)16(18)19/h2-7,15,17H,1H3. The highest BCUT2D eigenvalue weighted by Crippen LogP contribution is 2.31. The van der Waals surface area contributed by atoms with Crippen LogP contribution in [0.1, 0.15) is 0 Å². The van der Waals surface area contributed by atoms with Crippen LogP contribution in [0.4, 0.5) is 11.4 Å². The van der Waals surface area contributed by atoms with E-state index in [0.29, 0.717) is 5.75 Å². The number of hydrogen-bond acceptors (Lipinski definition) is 6. The average Bonchev–Trinajstić information content (AvgIpc) is 2.47. The number of nitro benzene ring substituents is 1. The summed E-state index contributed by atoms with van der Waals surface area (Å²) < 4.78 is 31.7. The Morgan fingerprint density at radius 1 is 1.26 bits per heavy atom. The fourth-order valence-corrected chi connectivity index (χ4v) is 3.09. The highest BCUT2D eigenvalue weighted by molar-refractivity contribution is 7.92. The molecule has 2 rings (SSSR count). The molecule has 0 aliphatic carbocycles. The van der Waals surface area contributed by atoms with Gasteiger partial charge in [-0.25, -0.2) is 8.42 Å². The largest absolute Gasteiger partial charge is 0.502 e. The van der Waals surface area contributed by atoms with Gasteiger partial charge >= 0.3 is 5.69 Å². The van der Waals surface area contributed by atoms with Crippen LogP contribution in [0.25, 0.3) is 0 Å². The molecular formula is C13H11ClN2O6S. The molecule has 10 heteroatoms. The van der Waals surface area contributed by atoms with Gasteiger partial charge in [-0.1, -0.05) is 11.6 Å². The van der Waals surface area contributed by atoms with Crippen LogP contribution in [0, 0.1) is 10.1 Å². The van der Waals surface area contributed by atoms with E-state index in [0.717, 1.165) is 18.2 Å². The first-order valence-electron chi connectivity index (χ1n) is 6.08. The summed E-state index contributed by atoms with van der Waals surface area (Å²) in [7, 11) is -2.67. The van der Waals surface area contributed by atoms with E-state index < -0.39 is 26.4 Å². The second-order valence-electron chi connectivity index (χ2n) is 4.36. The topological polar surface area (TPSA) is 119 Å². The number of hydrogen-bond donors (Lipinski definition) is 2. The molecule has 0 amide bonds. The lowest BCUT2D eigenvalue weighted by molar-refractivity contribution is -0.386. The maximum atomic E-state index is 12.3. The molecular weight excluding hydrogens is 348 g/mol. The van der Waals surface area contributed by atoms with Crippen molar-refractivity contribution in [2.24, 2.45) is 0 Å². The second-order valence-corrected chi connectivity index (χ2v) is 6.45. The number of ether oxygens (including phenoxy) is 1. The molecule has 0 bridgehead atoms. The van der Waals surface area contributed by atoms with Crippen molar-refractivity contribution in [2.45, 2.75) is 4.90 Å². The van der Waals surface area contributed by atoms with Gasteiger partial charge in [0, 0.05) is 6.07 Å². The first-order chi connectivity index (χ1) is 10.7. The van der Waals surface area contributed by atoms with Gasteiger partial charge in [0.2, 0.25) is 0 Å². The fourth-order valence-electron chi connectivity index (χ4n) is 1.76. The van der Waals surface area contributed by atoms with E-state index in [2.05, 4.69) is 4.72 Å². The van der Waals surface area contributed by atoms with Gasteiger partial charge < -0.3 is 9.84 Å². The molecule has 2 aromatic carbocycles. The minimum Gasteiger partial charge on any atom is -0.502 e. The highest BCUT2D eigenvalue weighted by atomic mass is 35.5. The molecule has 0 radical (unpaired) electrons. The number of aromatic hydroxyl groups is 1. The molecule has 0 aliphatic rings. The molecule has 0 saturated heterocycles.